The van der Waals surface area contributed by atoms with Gasteiger partial charge in [0.05, 0.1) is 5.75 Å². The number of benzene rings is 3. The maximum absolute atomic E-state index is 12.7. The average Bonchev–Trinajstić information content (AvgIpc) is 3.02. The summed E-state index contributed by atoms with van der Waals surface area (Å²) in [6.45, 7) is 0. The van der Waals surface area contributed by atoms with Crippen LogP contribution in [0.5, 0.6) is 0 Å². The van der Waals surface area contributed by atoms with E-state index in [0.717, 1.165) is 28.1 Å². The van der Waals surface area contributed by atoms with Gasteiger partial charge in [-0.2, -0.15) is 0 Å². The second-order valence-corrected chi connectivity index (χ2v) is 9.07. The molecule has 6 heteroatoms. The Balaban J connectivity index is 1.62. The van der Waals surface area contributed by atoms with E-state index in [1.807, 2.05) is 18.2 Å². The molecule has 0 saturated heterocycles. The van der Waals surface area contributed by atoms with Gasteiger partial charge in [-0.15, -0.1) is 0 Å². The molecule has 0 fully saturated rings. The van der Waals surface area contributed by atoms with E-state index in [2.05, 4.69) is 26.7 Å². The number of nitrogens with one attached hydrogen (secondary N) is 1. The molecule has 0 heterocycles. The number of hydrogen-bond donors (Lipinski definition) is 1. The minimum Gasteiger partial charge on any atom is -0.268 e. The summed E-state index contributed by atoms with van der Waals surface area (Å²) in [6.07, 6.45) is 1.92. The summed E-state index contributed by atoms with van der Waals surface area (Å²) in [4.78, 5) is 12.7. The first kappa shape index (κ1) is 17.2. The van der Waals surface area contributed by atoms with Crippen LogP contribution in [0.4, 0.5) is 0 Å². The van der Waals surface area contributed by atoms with Crippen molar-refractivity contribution in [2.45, 2.75) is 18.6 Å². The molecular formula is C20H16BrNO3S. The number of rotatable bonds is 4. The number of halogens is 1. The van der Waals surface area contributed by atoms with Gasteiger partial charge in [0.2, 0.25) is 10.0 Å². The molecule has 0 unspecified atom stereocenters. The highest BCUT2D eigenvalue weighted by Crippen LogP contribution is 2.32. The Labute approximate surface area is 160 Å². The van der Waals surface area contributed by atoms with E-state index in [0.29, 0.717) is 11.1 Å². The molecule has 0 radical (unpaired) electrons. The quantitative estimate of drug-likeness (QED) is 0.682. The van der Waals surface area contributed by atoms with Crippen molar-refractivity contribution in [1.29, 1.82) is 0 Å². The molecule has 26 heavy (non-hydrogen) atoms. The molecule has 132 valence electrons. The fourth-order valence-electron chi connectivity index (χ4n) is 3.48. The van der Waals surface area contributed by atoms with Crippen LogP contribution in [-0.4, -0.2) is 14.3 Å². The van der Waals surface area contributed by atoms with E-state index >= 15 is 0 Å². The van der Waals surface area contributed by atoms with Crippen molar-refractivity contribution in [2.24, 2.45) is 0 Å². The van der Waals surface area contributed by atoms with Crippen LogP contribution < -0.4 is 4.72 Å². The molecule has 3 aromatic rings. The minimum atomic E-state index is -3.78. The Hall–Kier alpha value is -2.18. The van der Waals surface area contributed by atoms with Gasteiger partial charge in [0, 0.05) is 10.0 Å². The van der Waals surface area contributed by atoms with Gasteiger partial charge in [-0.3, -0.25) is 4.79 Å². The maximum Gasteiger partial charge on any atom is 0.265 e. The predicted molar refractivity (Wildman–Crippen MR) is 106 cm³/mol. The van der Waals surface area contributed by atoms with Crippen LogP contribution in [0.15, 0.2) is 59.1 Å². The lowest BCUT2D eigenvalue weighted by molar-refractivity contribution is 0.0983. The lowest BCUT2D eigenvalue weighted by Gasteiger charge is -2.10. The number of carbonyl (C=O) groups is 1. The van der Waals surface area contributed by atoms with Crippen molar-refractivity contribution in [1.82, 2.24) is 4.72 Å². The molecule has 3 aromatic carbocycles. The zero-order valence-corrected chi connectivity index (χ0v) is 16.2. The molecule has 1 amide bonds. The Bertz CT molecular complexity index is 1110. The van der Waals surface area contributed by atoms with Gasteiger partial charge in [-0.1, -0.05) is 52.3 Å². The zero-order valence-electron chi connectivity index (χ0n) is 13.8. The third-order valence-corrected chi connectivity index (χ3v) is 6.38. The van der Waals surface area contributed by atoms with Crippen molar-refractivity contribution in [3.63, 3.8) is 0 Å². The van der Waals surface area contributed by atoms with Crippen LogP contribution in [0.1, 0.15) is 27.0 Å². The highest BCUT2D eigenvalue weighted by molar-refractivity contribution is 9.10. The summed E-state index contributed by atoms with van der Waals surface area (Å²) in [5, 5.41) is 1.90. The molecule has 4 rings (SSSR count). The average molecular weight is 430 g/mol. The number of aryl methyl sites for hydroxylation is 2. The largest absolute Gasteiger partial charge is 0.268 e. The number of sulfonamides is 1. The van der Waals surface area contributed by atoms with Gasteiger partial charge in [-0.25, -0.2) is 13.1 Å². The summed E-state index contributed by atoms with van der Waals surface area (Å²) in [5.74, 6) is -0.828. The van der Waals surface area contributed by atoms with E-state index in [1.54, 1.807) is 30.3 Å². The first-order valence-corrected chi connectivity index (χ1v) is 10.7. The smallest absolute Gasteiger partial charge is 0.265 e. The molecule has 4 nitrogen and oxygen atoms in total. The van der Waals surface area contributed by atoms with Crippen molar-refractivity contribution in [3.8, 4) is 0 Å². The van der Waals surface area contributed by atoms with Crippen LogP contribution in [0.3, 0.4) is 0 Å². The fourth-order valence-corrected chi connectivity index (χ4v) is 4.84. The molecule has 1 aliphatic carbocycles. The summed E-state index contributed by atoms with van der Waals surface area (Å²) in [7, 11) is -3.78. The normalized spacial score (nSPS) is 13.1. The van der Waals surface area contributed by atoms with Gasteiger partial charge < -0.3 is 0 Å². The van der Waals surface area contributed by atoms with E-state index in [1.165, 1.54) is 11.1 Å². The maximum atomic E-state index is 12.7. The van der Waals surface area contributed by atoms with Gasteiger partial charge in [0.25, 0.3) is 5.91 Å². The molecular weight excluding hydrogens is 414 g/mol. The molecule has 0 saturated carbocycles. The van der Waals surface area contributed by atoms with E-state index < -0.39 is 15.9 Å². The van der Waals surface area contributed by atoms with Crippen molar-refractivity contribution in [2.75, 3.05) is 0 Å². The summed E-state index contributed by atoms with van der Waals surface area (Å²) >= 11 is 3.32. The molecule has 1 N–H and O–H groups in total. The van der Waals surface area contributed by atoms with Gasteiger partial charge in [-0.05, 0) is 58.5 Å². The van der Waals surface area contributed by atoms with Crippen molar-refractivity contribution in [3.05, 3.63) is 81.3 Å². The summed E-state index contributed by atoms with van der Waals surface area (Å²) in [6, 6.07) is 16.5. The van der Waals surface area contributed by atoms with E-state index in [4.69, 9.17) is 0 Å². The molecule has 0 aromatic heterocycles. The third kappa shape index (κ3) is 3.27. The minimum absolute atomic E-state index is 0.243. The van der Waals surface area contributed by atoms with Gasteiger partial charge >= 0.3 is 0 Å². The lowest BCUT2D eigenvalue weighted by atomic mass is 10.00. The second kappa shape index (κ2) is 6.52. The Kier molecular flexibility index (Phi) is 4.32. The Morgan fingerprint density at radius 1 is 0.962 bits per heavy atom. The Morgan fingerprint density at radius 2 is 1.65 bits per heavy atom. The van der Waals surface area contributed by atoms with Crippen LogP contribution >= 0.6 is 15.9 Å². The SMILES string of the molecule is O=C(NS(=O)(=O)Cc1ccc(Br)cc1)c1ccc2c3c(cccc13)CC2. The van der Waals surface area contributed by atoms with E-state index in [-0.39, 0.29) is 5.75 Å². The fraction of sp³-hybridized carbons (Fsp3) is 0.150. The third-order valence-electron chi connectivity index (χ3n) is 4.64. The van der Waals surface area contributed by atoms with Gasteiger partial charge in [0.15, 0.2) is 0 Å². The van der Waals surface area contributed by atoms with Crippen molar-refractivity contribution >= 4 is 42.6 Å². The zero-order chi connectivity index (χ0) is 18.3. The molecule has 0 atom stereocenters. The standard InChI is InChI=1S/C20H16BrNO3S/c21-16-9-4-13(5-10-16)12-26(24,25)22-20(23)18-11-8-15-7-6-14-2-1-3-17(18)19(14)15/h1-5,8-11H,6-7,12H2,(H,22,23). The molecule has 0 spiro atoms. The second-order valence-electron chi connectivity index (χ2n) is 6.43. The van der Waals surface area contributed by atoms with Crippen LogP contribution in [0.25, 0.3) is 10.8 Å². The summed E-state index contributed by atoms with van der Waals surface area (Å²) < 4.78 is 27.9. The first-order chi connectivity index (χ1) is 12.4. The topological polar surface area (TPSA) is 63.2 Å². The monoisotopic (exact) mass is 429 g/mol. The van der Waals surface area contributed by atoms with Gasteiger partial charge in [0.1, 0.15) is 0 Å². The summed E-state index contributed by atoms with van der Waals surface area (Å²) in [5.41, 5.74) is 3.44. The van der Waals surface area contributed by atoms with E-state index in [9.17, 15) is 13.2 Å². The lowest BCUT2D eigenvalue weighted by Crippen LogP contribution is -2.31. The van der Waals surface area contributed by atoms with Crippen LogP contribution in [0.2, 0.25) is 0 Å². The van der Waals surface area contributed by atoms with Crippen molar-refractivity contribution < 1.29 is 13.2 Å². The first-order valence-electron chi connectivity index (χ1n) is 8.26. The highest BCUT2D eigenvalue weighted by Gasteiger charge is 2.22. The number of carbonyl (C=O) groups excluding carboxylic acids is 1. The predicted octanol–water partition coefficient (Wildman–Crippen LogP) is 3.96. The number of amides is 1. The highest BCUT2D eigenvalue weighted by atomic mass is 79.9. The molecule has 1 aliphatic rings. The molecule has 0 aliphatic heterocycles. The van der Waals surface area contributed by atoms with Crippen LogP contribution in [-0.2, 0) is 28.6 Å². The Morgan fingerprint density at radius 3 is 2.38 bits per heavy atom. The molecule has 0 bridgehead atoms. The van der Waals surface area contributed by atoms with Crippen LogP contribution in [0, 0.1) is 0 Å². The number of hydrogen-bond acceptors (Lipinski definition) is 3.